The van der Waals surface area contributed by atoms with Crippen LogP contribution in [0.5, 0.6) is 0 Å². The van der Waals surface area contributed by atoms with Gasteiger partial charge in [0.05, 0.1) is 12.2 Å². The highest BCUT2D eigenvalue weighted by atomic mass is 16.5. The molecule has 0 saturated heterocycles. The number of rotatable bonds is 10. The fourth-order valence-corrected chi connectivity index (χ4v) is 9.80. The Balaban J connectivity index is 1.48. The molecule has 216 valence electrons. The van der Waals surface area contributed by atoms with Gasteiger partial charge < -0.3 is 24.2 Å². The SMILES string of the molecule is COC1CC2CC(OC(=O)CCCC(C)=O)CCC2(C)C2CC(O)C3(C)C(C(C)CCC(C)=O)CCC3C12. The van der Waals surface area contributed by atoms with Crippen molar-refractivity contribution in [3.8, 4) is 0 Å². The molecule has 0 aromatic rings. The molecule has 6 nitrogen and oxygen atoms in total. The van der Waals surface area contributed by atoms with Gasteiger partial charge in [0.25, 0.3) is 0 Å². The largest absolute Gasteiger partial charge is 0.462 e. The monoisotopic (exact) mass is 532 g/mol. The van der Waals surface area contributed by atoms with Gasteiger partial charge in [-0.25, -0.2) is 0 Å². The van der Waals surface area contributed by atoms with Crippen LogP contribution in [0.4, 0.5) is 0 Å². The normalized spacial score (nSPS) is 42.9. The highest BCUT2D eigenvalue weighted by Crippen LogP contribution is 2.68. The van der Waals surface area contributed by atoms with Crippen molar-refractivity contribution in [3.05, 3.63) is 0 Å². The van der Waals surface area contributed by atoms with Gasteiger partial charge >= 0.3 is 5.97 Å². The number of ether oxygens (including phenoxy) is 2. The Morgan fingerprint density at radius 2 is 1.66 bits per heavy atom. The van der Waals surface area contributed by atoms with E-state index in [9.17, 15) is 19.5 Å². The summed E-state index contributed by atoms with van der Waals surface area (Å²) in [6.45, 7) is 10.3. The Kier molecular flexibility index (Phi) is 9.13. The molecular formula is C32H52O6. The molecule has 0 aromatic carbocycles. The first-order valence-corrected chi connectivity index (χ1v) is 15.3. The fourth-order valence-electron chi connectivity index (χ4n) is 9.80. The van der Waals surface area contributed by atoms with E-state index in [1.807, 2.05) is 7.11 Å². The third kappa shape index (κ3) is 5.50. The van der Waals surface area contributed by atoms with Crippen molar-refractivity contribution in [2.75, 3.05) is 7.11 Å². The minimum Gasteiger partial charge on any atom is -0.462 e. The first-order chi connectivity index (χ1) is 17.9. The third-order valence-corrected chi connectivity index (χ3v) is 11.9. The van der Waals surface area contributed by atoms with E-state index in [1.165, 1.54) is 0 Å². The minimum absolute atomic E-state index is 0.0660. The fraction of sp³-hybridized carbons (Fsp3) is 0.906. The van der Waals surface area contributed by atoms with Crippen molar-refractivity contribution in [1.82, 2.24) is 0 Å². The molecule has 0 amide bonds. The van der Waals surface area contributed by atoms with Crippen LogP contribution in [-0.4, -0.2) is 48.1 Å². The maximum atomic E-state index is 12.4. The van der Waals surface area contributed by atoms with E-state index in [0.717, 1.165) is 51.4 Å². The van der Waals surface area contributed by atoms with Gasteiger partial charge in [0, 0.05) is 26.4 Å². The van der Waals surface area contributed by atoms with E-state index < -0.39 is 0 Å². The van der Waals surface area contributed by atoms with E-state index >= 15 is 0 Å². The maximum absolute atomic E-state index is 12.4. The molecule has 11 atom stereocenters. The molecule has 38 heavy (non-hydrogen) atoms. The van der Waals surface area contributed by atoms with E-state index in [0.29, 0.717) is 61.2 Å². The van der Waals surface area contributed by atoms with E-state index in [4.69, 9.17) is 9.47 Å². The molecule has 11 unspecified atom stereocenters. The Bertz CT molecular complexity index is 885. The Labute approximate surface area is 230 Å². The van der Waals surface area contributed by atoms with Crippen molar-refractivity contribution in [3.63, 3.8) is 0 Å². The summed E-state index contributed by atoms with van der Waals surface area (Å²) < 4.78 is 12.1. The van der Waals surface area contributed by atoms with Gasteiger partial charge in [-0.3, -0.25) is 4.79 Å². The number of aliphatic hydroxyl groups excluding tert-OH is 1. The van der Waals surface area contributed by atoms with Gasteiger partial charge in [0.15, 0.2) is 0 Å². The number of hydrogen-bond donors (Lipinski definition) is 1. The Hall–Kier alpha value is -1.27. The number of methoxy groups -OCH3 is 1. The molecule has 4 aliphatic carbocycles. The molecule has 0 bridgehead atoms. The number of Topliss-reactive ketones (excluding diaryl/α,β-unsaturated/α-hetero) is 2. The van der Waals surface area contributed by atoms with Crippen LogP contribution in [0.15, 0.2) is 0 Å². The summed E-state index contributed by atoms with van der Waals surface area (Å²) in [6.07, 6.45) is 9.38. The molecule has 4 fully saturated rings. The average Bonchev–Trinajstić information content (AvgIpc) is 3.21. The van der Waals surface area contributed by atoms with Crippen molar-refractivity contribution in [2.24, 2.45) is 46.3 Å². The zero-order valence-electron chi connectivity index (χ0n) is 24.7. The van der Waals surface area contributed by atoms with Crippen LogP contribution in [0, 0.1) is 46.3 Å². The molecule has 0 aromatic heterocycles. The molecule has 6 heteroatoms. The second-order valence-corrected chi connectivity index (χ2v) is 14.0. The molecule has 4 aliphatic rings. The maximum Gasteiger partial charge on any atom is 0.306 e. The quantitative estimate of drug-likeness (QED) is 0.352. The highest BCUT2D eigenvalue weighted by Gasteiger charge is 2.66. The van der Waals surface area contributed by atoms with Gasteiger partial charge in [-0.1, -0.05) is 20.8 Å². The lowest BCUT2D eigenvalue weighted by atomic mass is 9.43. The van der Waals surface area contributed by atoms with Crippen LogP contribution in [-0.2, 0) is 23.9 Å². The standard InChI is InChI=1S/C32H52O6/c1-19(10-11-21(3)34)24-12-13-25-30-26(18-28(35)32(24,25)5)31(4)15-14-23(16-22(31)17-27(30)37-6)38-29(36)9-7-8-20(2)33/h19,22-28,30,35H,7-18H2,1-6H3. The van der Waals surface area contributed by atoms with E-state index in [1.54, 1.807) is 13.8 Å². The summed E-state index contributed by atoms with van der Waals surface area (Å²) in [5, 5.41) is 11.8. The van der Waals surface area contributed by atoms with Crippen LogP contribution in [0.3, 0.4) is 0 Å². The molecule has 4 rings (SSSR count). The number of carbonyl (C=O) groups excluding carboxylic acids is 3. The number of hydrogen-bond acceptors (Lipinski definition) is 6. The summed E-state index contributed by atoms with van der Waals surface area (Å²) in [6, 6.07) is 0. The van der Waals surface area contributed by atoms with Crippen LogP contribution >= 0.6 is 0 Å². The molecule has 0 spiro atoms. The average molecular weight is 533 g/mol. The number of fused-ring (bicyclic) bond motifs is 5. The smallest absolute Gasteiger partial charge is 0.306 e. The number of aliphatic hydroxyl groups is 1. The number of carbonyl (C=O) groups is 3. The molecular weight excluding hydrogens is 480 g/mol. The van der Waals surface area contributed by atoms with Gasteiger partial charge in [-0.05, 0) is 118 Å². The van der Waals surface area contributed by atoms with Crippen molar-refractivity contribution >= 4 is 17.5 Å². The van der Waals surface area contributed by atoms with Crippen molar-refractivity contribution < 1.29 is 29.0 Å². The van der Waals surface area contributed by atoms with Crippen LogP contribution in [0.1, 0.15) is 112 Å². The lowest BCUT2D eigenvalue weighted by molar-refractivity contribution is -0.214. The van der Waals surface area contributed by atoms with E-state index in [2.05, 4.69) is 20.8 Å². The van der Waals surface area contributed by atoms with E-state index in [-0.39, 0.29) is 46.7 Å². The summed E-state index contributed by atoms with van der Waals surface area (Å²) in [5.41, 5.74) is -0.0260. The minimum atomic E-state index is -0.342. The zero-order chi connectivity index (χ0) is 27.8. The first-order valence-electron chi connectivity index (χ1n) is 15.3. The predicted octanol–water partition coefficient (Wildman–Crippen LogP) is 5.92. The lowest BCUT2D eigenvalue weighted by Gasteiger charge is -2.64. The molecule has 0 radical (unpaired) electrons. The third-order valence-electron chi connectivity index (χ3n) is 11.9. The van der Waals surface area contributed by atoms with Gasteiger partial charge in [-0.2, -0.15) is 0 Å². The second kappa shape index (κ2) is 11.7. The first kappa shape index (κ1) is 29.7. The van der Waals surface area contributed by atoms with Crippen molar-refractivity contribution in [2.45, 2.75) is 130 Å². The molecule has 0 aliphatic heterocycles. The predicted molar refractivity (Wildman–Crippen MR) is 146 cm³/mol. The van der Waals surface area contributed by atoms with Gasteiger partial charge in [0.2, 0.25) is 0 Å². The molecule has 4 saturated carbocycles. The topological polar surface area (TPSA) is 89.9 Å². The Morgan fingerprint density at radius 3 is 2.32 bits per heavy atom. The van der Waals surface area contributed by atoms with Crippen LogP contribution < -0.4 is 0 Å². The van der Waals surface area contributed by atoms with Crippen molar-refractivity contribution in [1.29, 1.82) is 0 Å². The Morgan fingerprint density at radius 1 is 0.947 bits per heavy atom. The van der Waals surface area contributed by atoms with Crippen LogP contribution in [0.25, 0.3) is 0 Å². The van der Waals surface area contributed by atoms with Gasteiger partial charge in [0.1, 0.15) is 17.7 Å². The zero-order valence-corrected chi connectivity index (χ0v) is 24.7. The number of ketones is 2. The second-order valence-electron chi connectivity index (χ2n) is 14.0. The van der Waals surface area contributed by atoms with Crippen LogP contribution in [0.2, 0.25) is 0 Å². The highest BCUT2D eigenvalue weighted by molar-refractivity contribution is 5.76. The lowest BCUT2D eigenvalue weighted by Crippen LogP contribution is -2.62. The van der Waals surface area contributed by atoms with Gasteiger partial charge in [-0.15, -0.1) is 0 Å². The molecule has 0 heterocycles. The summed E-state index contributed by atoms with van der Waals surface area (Å²) in [5.74, 6) is 2.71. The summed E-state index contributed by atoms with van der Waals surface area (Å²) >= 11 is 0. The summed E-state index contributed by atoms with van der Waals surface area (Å²) in [7, 11) is 1.85. The number of esters is 1. The molecule has 1 N–H and O–H groups in total. The summed E-state index contributed by atoms with van der Waals surface area (Å²) in [4.78, 5) is 35.3.